The number of amides is 2. The maximum atomic E-state index is 12.3. The first-order valence-corrected chi connectivity index (χ1v) is 12.6. The highest BCUT2D eigenvalue weighted by Crippen LogP contribution is 2.28. The molecule has 0 spiro atoms. The predicted molar refractivity (Wildman–Crippen MR) is 139 cm³/mol. The summed E-state index contributed by atoms with van der Waals surface area (Å²) in [6, 6.07) is 12.1. The summed E-state index contributed by atoms with van der Waals surface area (Å²) in [4.78, 5) is 24.3. The van der Waals surface area contributed by atoms with Crippen LogP contribution in [0.15, 0.2) is 51.4 Å². The maximum Gasteiger partial charge on any atom is 0.276 e. The minimum atomic E-state index is -0.461. The van der Waals surface area contributed by atoms with Crippen molar-refractivity contribution < 1.29 is 19.1 Å². The van der Waals surface area contributed by atoms with Gasteiger partial charge in [0.15, 0.2) is 11.7 Å². The number of hydrogen-bond acceptors (Lipinski definition) is 5. The van der Waals surface area contributed by atoms with Gasteiger partial charge < -0.3 is 9.47 Å². The summed E-state index contributed by atoms with van der Waals surface area (Å²) in [5.74, 6) is 0.376. The predicted octanol–water partition coefficient (Wildman–Crippen LogP) is 5.28. The normalized spacial score (nSPS) is 10.3. The second kappa shape index (κ2) is 14.9. The van der Waals surface area contributed by atoms with Crippen molar-refractivity contribution in [1.82, 2.24) is 16.2 Å². The molecule has 7 nitrogen and oxygen atoms in total. The van der Waals surface area contributed by atoms with Gasteiger partial charge in [-0.05, 0) is 77.0 Å². The Kier molecular flexibility index (Phi) is 12.2. The Morgan fingerprint density at radius 1 is 0.939 bits per heavy atom. The van der Waals surface area contributed by atoms with Crippen molar-refractivity contribution >= 4 is 61.0 Å². The lowest BCUT2D eigenvalue weighted by atomic mass is 10.2. The van der Waals surface area contributed by atoms with Gasteiger partial charge in [-0.1, -0.05) is 48.5 Å². The molecule has 10 heteroatoms. The summed E-state index contributed by atoms with van der Waals surface area (Å²) in [7, 11) is 0. The summed E-state index contributed by atoms with van der Waals surface area (Å²) in [6.45, 7) is 2.61. The molecule has 0 aliphatic heterocycles. The van der Waals surface area contributed by atoms with Gasteiger partial charge in [0.1, 0.15) is 11.5 Å². The van der Waals surface area contributed by atoms with Crippen LogP contribution in [0.25, 0.3) is 0 Å². The van der Waals surface area contributed by atoms with E-state index in [1.54, 1.807) is 36.4 Å². The van der Waals surface area contributed by atoms with Gasteiger partial charge in [-0.3, -0.25) is 25.8 Å². The Morgan fingerprint density at radius 2 is 1.67 bits per heavy atom. The van der Waals surface area contributed by atoms with E-state index >= 15 is 0 Å². The highest BCUT2D eigenvalue weighted by molar-refractivity contribution is 9.11. The van der Waals surface area contributed by atoms with Gasteiger partial charge in [-0.25, -0.2) is 0 Å². The van der Waals surface area contributed by atoms with E-state index in [0.29, 0.717) is 28.1 Å². The molecule has 2 aromatic carbocycles. The fraction of sp³-hybridized carbons (Fsp3) is 0.348. The highest BCUT2D eigenvalue weighted by Gasteiger charge is 2.10. The first-order valence-electron chi connectivity index (χ1n) is 10.6. The molecule has 178 valence electrons. The van der Waals surface area contributed by atoms with E-state index in [2.05, 4.69) is 55.0 Å². The summed E-state index contributed by atoms with van der Waals surface area (Å²) in [5, 5.41) is 2.47. The van der Waals surface area contributed by atoms with Crippen molar-refractivity contribution in [2.45, 2.75) is 39.0 Å². The van der Waals surface area contributed by atoms with Crippen molar-refractivity contribution in [3.63, 3.8) is 0 Å². The van der Waals surface area contributed by atoms with Gasteiger partial charge in [-0.15, -0.1) is 0 Å². The molecule has 33 heavy (non-hydrogen) atoms. The molecule has 0 fully saturated rings. The lowest BCUT2D eigenvalue weighted by Gasteiger charge is -2.12. The number of carbonyl (C=O) groups excluding carboxylic acids is 2. The molecule has 0 atom stereocenters. The smallest absolute Gasteiger partial charge is 0.276 e. The molecule has 0 unspecified atom stereocenters. The van der Waals surface area contributed by atoms with Crippen LogP contribution in [0.5, 0.6) is 11.5 Å². The van der Waals surface area contributed by atoms with E-state index in [9.17, 15) is 9.59 Å². The summed E-state index contributed by atoms with van der Waals surface area (Å²) >= 11 is 11.8. The molecule has 0 radical (unpaired) electrons. The quantitative estimate of drug-likeness (QED) is 0.185. The van der Waals surface area contributed by atoms with E-state index in [0.717, 1.165) is 17.3 Å². The number of thiocarbonyl (C=S) groups is 1. The van der Waals surface area contributed by atoms with Crippen LogP contribution in [0.2, 0.25) is 0 Å². The first kappa shape index (κ1) is 27.1. The molecule has 0 saturated heterocycles. The molecule has 0 aliphatic carbocycles. The maximum absolute atomic E-state index is 12.3. The van der Waals surface area contributed by atoms with Crippen molar-refractivity contribution in [1.29, 1.82) is 0 Å². The van der Waals surface area contributed by atoms with E-state index in [1.807, 2.05) is 6.07 Å². The van der Waals surface area contributed by atoms with Crippen LogP contribution in [0, 0.1) is 0 Å². The molecule has 2 aromatic rings. The molecule has 2 rings (SSSR count). The molecule has 3 N–H and O–H groups in total. The van der Waals surface area contributed by atoms with E-state index in [4.69, 9.17) is 21.7 Å². The van der Waals surface area contributed by atoms with Crippen LogP contribution in [-0.4, -0.2) is 30.1 Å². The Hall–Kier alpha value is -2.17. The van der Waals surface area contributed by atoms with Crippen molar-refractivity contribution in [3.8, 4) is 11.5 Å². The Balaban J connectivity index is 1.67. The average Bonchev–Trinajstić information content (AvgIpc) is 2.79. The number of rotatable bonds is 11. The SMILES string of the molecule is CCCCCCCOc1ccc(C(=O)NC(=S)NNC(=O)COc2ccc(Br)cc2Br)cc1. The molecule has 2 amide bonds. The van der Waals surface area contributed by atoms with Crippen LogP contribution in [-0.2, 0) is 4.79 Å². The topological polar surface area (TPSA) is 88.7 Å². The second-order valence-electron chi connectivity index (χ2n) is 7.11. The van der Waals surface area contributed by atoms with Crippen LogP contribution < -0.4 is 25.6 Å². The van der Waals surface area contributed by atoms with Gasteiger partial charge in [0.2, 0.25) is 0 Å². The standard InChI is InChI=1S/C23H27Br2N3O4S/c1-2-3-4-5-6-13-31-18-10-7-16(8-11-18)22(30)26-23(33)28-27-21(29)15-32-20-12-9-17(24)14-19(20)25/h7-12,14H,2-6,13,15H2,1H3,(H,27,29)(H2,26,28,30,33). The fourth-order valence-corrected chi connectivity index (χ4v) is 4.01. The lowest BCUT2D eigenvalue weighted by molar-refractivity contribution is -0.123. The number of unbranched alkanes of at least 4 members (excludes halogenated alkanes) is 4. The summed E-state index contributed by atoms with van der Waals surface area (Å²) in [5.41, 5.74) is 5.28. The Morgan fingerprint density at radius 3 is 2.36 bits per heavy atom. The Labute approximate surface area is 216 Å². The van der Waals surface area contributed by atoms with Crippen molar-refractivity contribution in [2.24, 2.45) is 0 Å². The Bertz CT molecular complexity index is 942. The minimum absolute atomic E-state index is 0.0365. The second-order valence-corrected chi connectivity index (χ2v) is 9.29. The zero-order valence-corrected chi connectivity index (χ0v) is 22.3. The minimum Gasteiger partial charge on any atom is -0.494 e. The summed E-state index contributed by atoms with van der Waals surface area (Å²) < 4.78 is 12.7. The fourth-order valence-electron chi connectivity index (χ4n) is 2.70. The molecule has 0 bridgehead atoms. The van der Waals surface area contributed by atoms with Crippen molar-refractivity contribution in [2.75, 3.05) is 13.2 Å². The molecular formula is C23H27Br2N3O4S. The monoisotopic (exact) mass is 599 g/mol. The lowest BCUT2D eigenvalue weighted by Crippen LogP contribution is -2.49. The van der Waals surface area contributed by atoms with E-state index in [-0.39, 0.29) is 11.7 Å². The number of halogens is 2. The van der Waals surface area contributed by atoms with Crippen LogP contribution in [0.3, 0.4) is 0 Å². The molecule has 0 saturated carbocycles. The molecular weight excluding hydrogens is 574 g/mol. The van der Waals surface area contributed by atoms with E-state index < -0.39 is 11.8 Å². The molecule has 0 aromatic heterocycles. The van der Waals surface area contributed by atoms with Gasteiger partial charge in [-0.2, -0.15) is 0 Å². The highest BCUT2D eigenvalue weighted by atomic mass is 79.9. The van der Waals surface area contributed by atoms with Gasteiger partial charge >= 0.3 is 0 Å². The van der Waals surface area contributed by atoms with Gasteiger partial charge in [0.25, 0.3) is 11.8 Å². The average molecular weight is 601 g/mol. The van der Waals surface area contributed by atoms with Gasteiger partial charge in [0.05, 0.1) is 11.1 Å². The largest absolute Gasteiger partial charge is 0.494 e. The number of carbonyl (C=O) groups is 2. The third-order valence-electron chi connectivity index (χ3n) is 4.43. The summed E-state index contributed by atoms with van der Waals surface area (Å²) in [6.07, 6.45) is 5.86. The number of nitrogens with one attached hydrogen (secondary N) is 3. The first-order chi connectivity index (χ1) is 15.9. The van der Waals surface area contributed by atoms with Crippen molar-refractivity contribution in [3.05, 3.63) is 57.0 Å². The number of hydrazine groups is 1. The zero-order valence-electron chi connectivity index (χ0n) is 18.3. The number of hydrogen-bond donors (Lipinski definition) is 3. The van der Waals surface area contributed by atoms with Crippen LogP contribution in [0.4, 0.5) is 0 Å². The van der Waals surface area contributed by atoms with Crippen LogP contribution in [0.1, 0.15) is 49.4 Å². The van der Waals surface area contributed by atoms with Gasteiger partial charge in [0, 0.05) is 10.0 Å². The molecule has 0 heterocycles. The van der Waals surface area contributed by atoms with Crippen LogP contribution >= 0.6 is 44.1 Å². The third-order valence-corrected chi connectivity index (χ3v) is 5.75. The number of benzene rings is 2. The molecule has 0 aliphatic rings. The number of ether oxygens (including phenoxy) is 2. The van der Waals surface area contributed by atoms with E-state index in [1.165, 1.54) is 19.3 Å². The zero-order chi connectivity index (χ0) is 24.1. The third kappa shape index (κ3) is 10.5.